The number of benzene rings is 2. The molecular weight excluding hydrogens is 250 g/mol. The topological polar surface area (TPSA) is 102 Å². The van der Waals surface area contributed by atoms with E-state index in [2.05, 4.69) is 5.32 Å². The van der Waals surface area contributed by atoms with Crippen molar-refractivity contribution in [3.63, 3.8) is 0 Å². The molecule has 6 nitrogen and oxygen atoms in total. The number of aromatic hydroxyl groups is 3. The summed E-state index contributed by atoms with van der Waals surface area (Å²) in [5.41, 5.74) is 0.0779. The second-order valence-electron chi connectivity index (χ2n) is 4.02. The summed E-state index contributed by atoms with van der Waals surface area (Å²) in [7, 11) is 0. The highest BCUT2D eigenvalue weighted by Crippen LogP contribution is 2.60. The molecule has 2 aromatic rings. The van der Waals surface area contributed by atoms with Gasteiger partial charge in [-0.3, -0.25) is 4.79 Å². The molecule has 6 heteroatoms. The third-order valence-corrected chi connectivity index (χ3v) is 2.75. The zero-order valence-corrected chi connectivity index (χ0v) is 9.54. The minimum Gasteiger partial charge on any atom is -0.507 e. The molecule has 0 unspecified atom stereocenters. The molecule has 0 fully saturated rings. The Hall–Kier alpha value is -2.89. The third-order valence-electron chi connectivity index (χ3n) is 2.75. The van der Waals surface area contributed by atoms with Gasteiger partial charge in [0, 0.05) is 6.07 Å². The number of hydrogen-bond acceptors (Lipinski definition) is 5. The molecule has 0 bridgehead atoms. The molecule has 2 aromatic carbocycles. The highest BCUT2D eigenvalue weighted by atomic mass is 16.6. The van der Waals surface area contributed by atoms with Crippen LogP contribution in [0.25, 0.3) is 0 Å². The van der Waals surface area contributed by atoms with Gasteiger partial charge in [-0.1, -0.05) is 12.1 Å². The predicted molar refractivity (Wildman–Crippen MR) is 65.9 cm³/mol. The Morgan fingerprint density at radius 3 is 2.53 bits per heavy atom. The SMILES string of the molecule is O=C(Nc1cc(O)c2c(c1O)O2)c1ccccc1O. The second kappa shape index (κ2) is 3.81. The zero-order valence-electron chi connectivity index (χ0n) is 9.54. The highest BCUT2D eigenvalue weighted by molar-refractivity contribution is 6.07. The summed E-state index contributed by atoms with van der Waals surface area (Å²) >= 11 is 0. The van der Waals surface area contributed by atoms with Gasteiger partial charge < -0.3 is 25.4 Å². The van der Waals surface area contributed by atoms with Crippen LogP contribution in [0.4, 0.5) is 5.69 Å². The number of hydrogen-bond donors (Lipinski definition) is 4. The lowest BCUT2D eigenvalue weighted by Crippen LogP contribution is -2.11. The Morgan fingerprint density at radius 1 is 1.05 bits per heavy atom. The van der Waals surface area contributed by atoms with Crippen molar-refractivity contribution in [2.75, 3.05) is 5.32 Å². The number of phenols is 3. The number of para-hydroxylation sites is 1. The quantitative estimate of drug-likeness (QED) is 0.321. The van der Waals surface area contributed by atoms with Gasteiger partial charge in [0.2, 0.25) is 11.5 Å². The normalized spacial score (nSPS) is 11.4. The van der Waals surface area contributed by atoms with Crippen molar-refractivity contribution in [2.24, 2.45) is 0 Å². The van der Waals surface area contributed by atoms with Gasteiger partial charge in [-0.25, -0.2) is 0 Å². The fourth-order valence-corrected chi connectivity index (χ4v) is 1.74. The predicted octanol–water partition coefficient (Wildman–Crippen LogP) is 2.16. The van der Waals surface area contributed by atoms with E-state index in [4.69, 9.17) is 4.74 Å². The van der Waals surface area contributed by atoms with Crippen LogP contribution in [0.15, 0.2) is 30.3 Å². The van der Waals surface area contributed by atoms with E-state index >= 15 is 0 Å². The zero-order chi connectivity index (χ0) is 13.6. The van der Waals surface area contributed by atoms with E-state index in [-0.39, 0.29) is 40.0 Å². The fourth-order valence-electron chi connectivity index (χ4n) is 1.74. The van der Waals surface area contributed by atoms with Crippen molar-refractivity contribution in [3.05, 3.63) is 35.9 Å². The number of rotatable bonds is 2. The number of ether oxygens (including phenoxy) is 1. The van der Waals surface area contributed by atoms with Crippen molar-refractivity contribution in [2.45, 2.75) is 0 Å². The molecule has 0 saturated heterocycles. The van der Waals surface area contributed by atoms with Crippen LogP contribution in [0, 0.1) is 0 Å². The van der Waals surface area contributed by atoms with Gasteiger partial charge in [0.15, 0.2) is 11.5 Å². The van der Waals surface area contributed by atoms with Crippen LogP contribution in [0.3, 0.4) is 0 Å². The minimum atomic E-state index is -0.603. The minimum absolute atomic E-state index is 0.0157. The maximum Gasteiger partial charge on any atom is 0.259 e. The fraction of sp³-hybridized carbons (Fsp3) is 0. The van der Waals surface area contributed by atoms with E-state index in [1.807, 2.05) is 0 Å². The van der Waals surface area contributed by atoms with E-state index < -0.39 is 5.91 Å². The van der Waals surface area contributed by atoms with Gasteiger partial charge in [-0.15, -0.1) is 0 Å². The molecule has 0 aromatic heterocycles. The lowest BCUT2D eigenvalue weighted by Gasteiger charge is -2.07. The lowest BCUT2D eigenvalue weighted by molar-refractivity contribution is 0.102. The number of phenolic OH excluding ortho intramolecular Hbond substituents is 3. The van der Waals surface area contributed by atoms with Crippen LogP contribution in [0.5, 0.6) is 28.7 Å². The van der Waals surface area contributed by atoms with Crippen molar-refractivity contribution in [1.29, 1.82) is 0 Å². The van der Waals surface area contributed by atoms with Crippen molar-refractivity contribution >= 4 is 11.6 Å². The highest BCUT2D eigenvalue weighted by Gasteiger charge is 2.32. The summed E-state index contributed by atoms with van der Waals surface area (Å²) in [4.78, 5) is 11.9. The van der Waals surface area contributed by atoms with Gasteiger partial charge in [0.1, 0.15) is 5.75 Å². The van der Waals surface area contributed by atoms with E-state index in [1.165, 1.54) is 18.2 Å². The lowest BCUT2D eigenvalue weighted by atomic mass is 10.2. The van der Waals surface area contributed by atoms with Gasteiger partial charge >= 0.3 is 0 Å². The maximum atomic E-state index is 11.9. The van der Waals surface area contributed by atoms with Gasteiger partial charge in [-0.05, 0) is 12.1 Å². The molecule has 19 heavy (non-hydrogen) atoms. The molecule has 0 spiro atoms. The summed E-state index contributed by atoms with van der Waals surface area (Å²) < 4.78 is 4.85. The summed E-state index contributed by atoms with van der Waals surface area (Å²) in [6.45, 7) is 0. The standard InChI is InChI=1S/C13H9NO5/c15-8-4-2-1-3-6(8)13(18)14-7-5-9(16)11-12(19-11)10(7)17/h1-5,15-17H,(H,14,18). The largest absolute Gasteiger partial charge is 0.507 e. The van der Waals surface area contributed by atoms with E-state index in [1.54, 1.807) is 12.1 Å². The Kier molecular flexibility index (Phi) is 2.25. The van der Waals surface area contributed by atoms with Gasteiger partial charge in [0.05, 0.1) is 11.3 Å². The first-order valence-corrected chi connectivity index (χ1v) is 5.44. The molecule has 0 radical (unpaired) electrons. The molecule has 0 saturated carbocycles. The van der Waals surface area contributed by atoms with Crippen LogP contribution in [0.1, 0.15) is 10.4 Å². The van der Waals surface area contributed by atoms with Crippen molar-refractivity contribution in [1.82, 2.24) is 0 Å². The molecule has 1 amide bonds. The molecule has 1 aliphatic heterocycles. The average Bonchev–Trinajstić information content (AvgIpc) is 3.17. The number of carbonyl (C=O) groups excluding carboxylic acids is 1. The van der Waals surface area contributed by atoms with E-state index in [0.717, 1.165) is 0 Å². The Balaban J connectivity index is 1.91. The maximum absolute atomic E-state index is 11.9. The number of fused-ring (bicyclic) bond motifs is 1. The first-order chi connectivity index (χ1) is 9.08. The van der Waals surface area contributed by atoms with Crippen LogP contribution >= 0.6 is 0 Å². The van der Waals surface area contributed by atoms with Crippen LogP contribution in [0.2, 0.25) is 0 Å². The van der Waals surface area contributed by atoms with Gasteiger partial charge in [-0.2, -0.15) is 0 Å². The Morgan fingerprint density at radius 2 is 1.79 bits per heavy atom. The number of amides is 1. The van der Waals surface area contributed by atoms with Crippen LogP contribution in [-0.2, 0) is 0 Å². The molecule has 1 aliphatic rings. The smallest absolute Gasteiger partial charge is 0.259 e. The first kappa shape index (κ1) is 11.2. The average molecular weight is 259 g/mol. The Bertz CT molecular complexity index is 696. The summed E-state index contributed by atoms with van der Waals surface area (Å²) in [5.74, 6) is -0.845. The third kappa shape index (κ3) is 1.79. The van der Waals surface area contributed by atoms with E-state index in [9.17, 15) is 20.1 Å². The first-order valence-electron chi connectivity index (χ1n) is 5.44. The monoisotopic (exact) mass is 259 g/mol. The van der Waals surface area contributed by atoms with Crippen molar-refractivity contribution < 1.29 is 24.9 Å². The Labute approximate surface area is 107 Å². The molecule has 1 heterocycles. The number of carbonyl (C=O) groups is 1. The number of nitrogens with one attached hydrogen (secondary N) is 1. The number of anilines is 1. The molecular formula is C13H9NO5. The van der Waals surface area contributed by atoms with Crippen LogP contribution in [-0.4, -0.2) is 21.2 Å². The molecule has 96 valence electrons. The molecule has 0 atom stereocenters. The van der Waals surface area contributed by atoms with Crippen LogP contribution < -0.4 is 10.1 Å². The molecule has 4 N–H and O–H groups in total. The van der Waals surface area contributed by atoms with E-state index in [0.29, 0.717) is 0 Å². The van der Waals surface area contributed by atoms with Crippen molar-refractivity contribution in [3.8, 4) is 28.7 Å². The second-order valence-corrected chi connectivity index (χ2v) is 4.02. The van der Waals surface area contributed by atoms with Gasteiger partial charge in [0.25, 0.3) is 5.91 Å². The molecule has 3 rings (SSSR count). The summed E-state index contributed by atoms with van der Waals surface area (Å²) in [6, 6.07) is 7.18. The summed E-state index contributed by atoms with van der Waals surface area (Å²) in [6.07, 6.45) is 0. The summed E-state index contributed by atoms with van der Waals surface area (Å²) in [5, 5.41) is 31.1. The molecule has 0 aliphatic carbocycles.